The second kappa shape index (κ2) is 8.21. The molecule has 0 atom stereocenters. The molecule has 6 nitrogen and oxygen atoms in total. The van der Waals surface area contributed by atoms with Crippen molar-refractivity contribution in [3.8, 4) is 0 Å². The first-order valence-electron chi connectivity index (χ1n) is 8.79. The number of ether oxygens (including phenoxy) is 2. The van der Waals surface area contributed by atoms with Gasteiger partial charge in [-0.15, -0.1) is 0 Å². The fourth-order valence-corrected chi connectivity index (χ4v) is 4.51. The average molecular weight is 389 g/mol. The van der Waals surface area contributed by atoms with E-state index in [1.165, 1.54) is 10.4 Å². The van der Waals surface area contributed by atoms with E-state index in [1.807, 2.05) is 31.2 Å². The smallest absolute Gasteiger partial charge is 0.338 e. The summed E-state index contributed by atoms with van der Waals surface area (Å²) in [6.45, 7) is 5.20. The van der Waals surface area contributed by atoms with Crippen molar-refractivity contribution in [3.05, 3.63) is 64.7 Å². The number of sulfonamides is 1. The SMILES string of the molecule is Cc1ccc(COC(=O)c2ccc(C)c(S(=O)(=O)N3CCOCC3)c2)cc1. The fourth-order valence-electron chi connectivity index (χ4n) is 2.85. The Balaban J connectivity index is 1.77. The van der Waals surface area contributed by atoms with E-state index in [-0.39, 0.29) is 17.1 Å². The van der Waals surface area contributed by atoms with Crippen LogP contribution in [0.3, 0.4) is 0 Å². The van der Waals surface area contributed by atoms with E-state index < -0.39 is 16.0 Å². The third-order valence-electron chi connectivity index (χ3n) is 4.50. The van der Waals surface area contributed by atoms with Crippen molar-refractivity contribution < 1.29 is 22.7 Å². The van der Waals surface area contributed by atoms with Gasteiger partial charge in [-0.05, 0) is 37.1 Å². The zero-order chi connectivity index (χ0) is 19.4. The summed E-state index contributed by atoms with van der Waals surface area (Å²) in [5.41, 5.74) is 2.82. The number of hydrogen-bond donors (Lipinski definition) is 0. The van der Waals surface area contributed by atoms with Gasteiger partial charge in [-0.1, -0.05) is 35.9 Å². The van der Waals surface area contributed by atoms with Crippen LogP contribution in [0.1, 0.15) is 27.0 Å². The molecular formula is C20H23NO5S. The van der Waals surface area contributed by atoms with Crippen LogP contribution in [0.2, 0.25) is 0 Å². The summed E-state index contributed by atoms with van der Waals surface area (Å²) in [7, 11) is -3.68. The van der Waals surface area contributed by atoms with Crippen molar-refractivity contribution in [2.24, 2.45) is 0 Å². The van der Waals surface area contributed by atoms with Crippen LogP contribution >= 0.6 is 0 Å². The van der Waals surface area contributed by atoms with Crippen LogP contribution < -0.4 is 0 Å². The summed E-state index contributed by atoms with van der Waals surface area (Å²) in [6.07, 6.45) is 0. The highest BCUT2D eigenvalue weighted by atomic mass is 32.2. The van der Waals surface area contributed by atoms with Gasteiger partial charge >= 0.3 is 5.97 Å². The molecule has 7 heteroatoms. The Bertz CT molecular complexity index is 916. The Kier molecular flexibility index (Phi) is 5.94. The first-order chi connectivity index (χ1) is 12.9. The Morgan fingerprint density at radius 3 is 2.41 bits per heavy atom. The average Bonchev–Trinajstić information content (AvgIpc) is 2.68. The highest BCUT2D eigenvalue weighted by Crippen LogP contribution is 2.23. The number of nitrogens with zero attached hydrogens (tertiary/aromatic N) is 1. The maximum Gasteiger partial charge on any atom is 0.338 e. The largest absolute Gasteiger partial charge is 0.457 e. The first kappa shape index (κ1) is 19.5. The van der Waals surface area contributed by atoms with Crippen LogP contribution in [0.5, 0.6) is 0 Å². The van der Waals surface area contributed by atoms with Gasteiger partial charge in [0.25, 0.3) is 0 Å². The molecular weight excluding hydrogens is 366 g/mol. The van der Waals surface area contributed by atoms with Crippen LogP contribution in [0, 0.1) is 13.8 Å². The molecule has 27 heavy (non-hydrogen) atoms. The highest BCUT2D eigenvalue weighted by Gasteiger charge is 2.28. The number of hydrogen-bond acceptors (Lipinski definition) is 5. The summed E-state index contributed by atoms with van der Waals surface area (Å²) in [5.74, 6) is -0.547. The van der Waals surface area contributed by atoms with Crippen molar-refractivity contribution in [2.45, 2.75) is 25.3 Å². The molecule has 0 aliphatic carbocycles. The summed E-state index contributed by atoms with van der Waals surface area (Å²) in [4.78, 5) is 12.5. The quantitative estimate of drug-likeness (QED) is 0.735. The molecule has 2 aromatic carbocycles. The summed E-state index contributed by atoms with van der Waals surface area (Å²) in [5, 5.41) is 0. The summed E-state index contributed by atoms with van der Waals surface area (Å²) >= 11 is 0. The van der Waals surface area contributed by atoms with Crippen molar-refractivity contribution >= 4 is 16.0 Å². The van der Waals surface area contributed by atoms with Crippen molar-refractivity contribution in [1.29, 1.82) is 0 Å². The number of esters is 1. The third kappa shape index (κ3) is 4.55. The lowest BCUT2D eigenvalue weighted by atomic mass is 10.1. The lowest BCUT2D eigenvalue weighted by molar-refractivity contribution is 0.0472. The fraction of sp³-hybridized carbons (Fsp3) is 0.350. The van der Waals surface area contributed by atoms with Crippen molar-refractivity contribution in [3.63, 3.8) is 0 Å². The van der Waals surface area contributed by atoms with E-state index in [0.29, 0.717) is 31.9 Å². The summed E-state index contributed by atoms with van der Waals surface area (Å²) in [6, 6.07) is 12.3. The Morgan fingerprint density at radius 1 is 1.07 bits per heavy atom. The first-order valence-corrected chi connectivity index (χ1v) is 10.2. The van der Waals surface area contributed by atoms with E-state index >= 15 is 0 Å². The molecule has 0 N–H and O–H groups in total. The second-order valence-electron chi connectivity index (χ2n) is 6.56. The molecule has 144 valence electrons. The highest BCUT2D eigenvalue weighted by molar-refractivity contribution is 7.89. The zero-order valence-corrected chi connectivity index (χ0v) is 16.3. The number of carbonyl (C=O) groups is 1. The maximum absolute atomic E-state index is 12.9. The third-order valence-corrected chi connectivity index (χ3v) is 6.54. The molecule has 0 amide bonds. The van der Waals surface area contributed by atoms with Gasteiger partial charge in [0.05, 0.1) is 23.7 Å². The molecule has 1 saturated heterocycles. The normalized spacial score (nSPS) is 15.5. The minimum absolute atomic E-state index is 0.134. The lowest BCUT2D eigenvalue weighted by Crippen LogP contribution is -2.40. The zero-order valence-electron chi connectivity index (χ0n) is 15.5. The van der Waals surface area contributed by atoms with E-state index in [2.05, 4.69) is 0 Å². The number of carbonyl (C=O) groups excluding carboxylic acids is 1. The van der Waals surface area contributed by atoms with Gasteiger partial charge in [-0.2, -0.15) is 4.31 Å². The van der Waals surface area contributed by atoms with Crippen molar-refractivity contribution in [2.75, 3.05) is 26.3 Å². The van der Waals surface area contributed by atoms with Gasteiger partial charge in [0.1, 0.15) is 6.61 Å². The molecule has 1 fully saturated rings. The lowest BCUT2D eigenvalue weighted by Gasteiger charge is -2.26. The molecule has 1 aliphatic heterocycles. The van der Waals surface area contributed by atoms with Gasteiger partial charge < -0.3 is 9.47 Å². The predicted octanol–water partition coefficient (Wildman–Crippen LogP) is 2.68. The van der Waals surface area contributed by atoms with E-state index in [1.54, 1.807) is 19.1 Å². The molecule has 0 spiro atoms. The molecule has 0 radical (unpaired) electrons. The number of benzene rings is 2. The van der Waals surface area contributed by atoms with Crippen LogP contribution in [0.4, 0.5) is 0 Å². The topological polar surface area (TPSA) is 72.9 Å². The monoisotopic (exact) mass is 389 g/mol. The molecule has 1 aliphatic rings. The van der Waals surface area contributed by atoms with Crippen LogP contribution in [-0.4, -0.2) is 45.0 Å². The maximum atomic E-state index is 12.9. The van der Waals surface area contributed by atoms with Gasteiger partial charge in [0, 0.05) is 13.1 Å². The van der Waals surface area contributed by atoms with Gasteiger partial charge in [-0.3, -0.25) is 0 Å². The predicted molar refractivity (Wildman–Crippen MR) is 101 cm³/mol. The molecule has 2 aromatic rings. The minimum Gasteiger partial charge on any atom is -0.457 e. The Morgan fingerprint density at radius 2 is 1.74 bits per heavy atom. The Hall–Kier alpha value is -2.22. The second-order valence-corrected chi connectivity index (χ2v) is 8.46. The van der Waals surface area contributed by atoms with Gasteiger partial charge in [-0.25, -0.2) is 13.2 Å². The molecule has 0 bridgehead atoms. The van der Waals surface area contributed by atoms with Crippen LogP contribution in [0.15, 0.2) is 47.4 Å². The van der Waals surface area contributed by atoms with Crippen LogP contribution in [-0.2, 0) is 26.1 Å². The molecule has 3 rings (SSSR count). The van der Waals surface area contributed by atoms with E-state index in [0.717, 1.165) is 11.1 Å². The van der Waals surface area contributed by atoms with E-state index in [4.69, 9.17) is 9.47 Å². The van der Waals surface area contributed by atoms with Crippen molar-refractivity contribution in [1.82, 2.24) is 4.31 Å². The van der Waals surface area contributed by atoms with Crippen LogP contribution in [0.25, 0.3) is 0 Å². The molecule has 0 aromatic heterocycles. The minimum atomic E-state index is -3.68. The summed E-state index contributed by atoms with van der Waals surface area (Å²) < 4.78 is 37.8. The van der Waals surface area contributed by atoms with Gasteiger partial charge in [0.2, 0.25) is 10.0 Å². The number of rotatable bonds is 5. The molecule has 0 unspecified atom stereocenters. The Labute approximate surface area is 159 Å². The molecule has 1 heterocycles. The van der Waals surface area contributed by atoms with Gasteiger partial charge in [0.15, 0.2) is 0 Å². The number of morpholine rings is 1. The van der Waals surface area contributed by atoms with E-state index in [9.17, 15) is 13.2 Å². The standard InChI is InChI=1S/C20H23NO5S/c1-15-3-6-17(7-4-15)14-26-20(22)18-8-5-16(2)19(13-18)27(23,24)21-9-11-25-12-10-21/h3-8,13H,9-12,14H2,1-2H3. The molecule has 0 saturated carbocycles. The number of aryl methyl sites for hydroxylation is 2.